The minimum Gasteiger partial charge on any atom is -0.445 e. The van der Waals surface area contributed by atoms with Crippen molar-refractivity contribution < 1.29 is 14.3 Å². The summed E-state index contributed by atoms with van der Waals surface area (Å²) in [6, 6.07) is 9.92. The minimum absolute atomic E-state index is 0.233. The fraction of sp³-hybridized carbons (Fsp3) is 0.529. The van der Waals surface area contributed by atoms with Gasteiger partial charge in [-0.3, -0.25) is 0 Å². The molecule has 1 aromatic carbocycles. The molecule has 0 N–H and O–H groups in total. The first-order valence-electron chi connectivity index (χ1n) is 7.58. The van der Waals surface area contributed by atoms with Crippen molar-refractivity contribution in [3.05, 3.63) is 35.9 Å². The summed E-state index contributed by atoms with van der Waals surface area (Å²) in [6.07, 6.45) is 5.32. The van der Waals surface area contributed by atoms with Crippen LogP contribution in [0.3, 0.4) is 0 Å². The summed E-state index contributed by atoms with van der Waals surface area (Å²) in [6.45, 7) is 0.310. The number of hydrogen-bond acceptors (Lipinski definition) is 3. The number of rotatable bonds is 5. The number of hydrogen-bond donors (Lipinski definition) is 0. The van der Waals surface area contributed by atoms with Gasteiger partial charge in [-0.15, -0.1) is 0 Å². The van der Waals surface area contributed by atoms with Crippen molar-refractivity contribution in [1.82, 2.24) is 4.90 Å². The quantitative estimate of drug-likeness (QED) is 0.780. The van der Waals surface area contributed by atoms with Gasteiger partial charge in [0.15, 0.2) is 0 Å². The van der Waals surface area contributed by atoms with E-state index in [4.69, 9.17) is 4.74 Å². The largest absolute Gasteiger partial charge is 0.445 e. The molecule has 0 atom stereocenters. The number of nitrogens with zero attached hydrogens (tertiary/aromatic N) is 1. The molecule has 21 heavy (non-hydrogen) atoms. The van der Waals surface area contributed by atoms with Gasteiger partial charge in [0.1, 0.15) is 12.9 Å². The van der Waals surface area contributed by atoms with Gasteiger partial charge in [-0.1, -0.05) is 30.3 Å². The van der Waals surface area contributed by atoms with Crippen molar-refractivity contribution >= 4 is 12.4 Å². The molecule has 1 aliphatic rings. The van der Waals surface area contributed by atoms with Crippen LogP contribution in [0.4, 0.5) is 4.79 Å². The van der Waals surface area contributed by atoms with Gasteiger partial charge in [0.05, 0.1) is 0 Å². The Morgan fingerprint density at radius 1 is 1.24 bits per heavy atom. The Morgan fingerprint density at radius 2 is 1.90 bits per heavy atom. The predicted molar refractivity (Wildman–Crippen MR) is 80.8 cm³/mol. The van der Waals surface area contributed by atoms with Crippen LogP contribution in [0.25, 0.3) is 0 Å². The van der Waals surface area contributed by atoms with E-state index in [0.29, 0.717) is 18.9 Å². The summed E-state index contributed by atoms with van der Waals surface area (Å²) in [5.41, 5.74) is 0.994. The molecule has 0 aromatic heterocycles. The average Bonchev–Trinajstić information content (AvgIpc) is 2.54. The monoisotopic (exact) mass is 289 g/mol. The van der Waals surface area contributed by atoms with Crippen LogP contribution in [0, 0.1) is 5.92 Å². The summed E-state index contributed by atoms with van der Waals surface area (Å²) < 4.78 is 5.35. The Balaban J connectivity index is 1.76. The molecule has 0 bridgehead atoms. The lowest BCUT2D eigenvalue weighted by Gasteiger charge is -2.33. The lowest BCUT2D eigenvalue weighted by atomic mass is 9.84. The zero-order chi connectivity index (χ0) is 15.1. The van der Waals surface area contributed by atoms with Crippen molar-refractivity contribution in [2.24, 2.45) is 5.92 Å². The Kier molecular flexibility index (Phi) is 5.78. The highest BCUT2D eigenvalue weighted by Gasteiger charge is 2.27. The number of carbonyl (C=O) groups is 2. The molecule has 0 unspecified atom stereocenters. The third kappa shape index (κ3) is 4.59. The first-order valence-corrected chi connectivity index (χ1v) is 7.58. The fourth-order valence-corrected chi connectivity index (χ4v) is 2.87. The molecule has 1 fully saturated rings. The molecule has 4 nitrogen and oxygen atoms in total. The highest BCUT2D eigenvalue weighted by molar-refractivity contribution is 5.67. The number of ether oxygens (including phenoxy) is 1. The van der Waals surface area contributed by atoms with E-state index in [1.807, 2.05) is 30.3 Å². The van der Waals surface area contributed by atoms with Crippen LogP contribution in [-0.2, 0) is 16.1 Å². The number of benzene rings is 1. The SMILES string of the molecule is CN(C(=O)OCc1ccccc1)[C@H]1CC[C@H](CC=O)CC1. The van der Waals surface area contributed by atoms with Crippen LogP contribution in [0.15, 0.2) is 30.3 Å². The summed E-state index contributed by atoms with van der Waals surface area (Å²) in [7, 11) is 1.80. The van der Waals surface area contributed by atoms with Crippen LogP contribution < -0.4 is 0 Å². The van der Waals surface area contributed by atoms with E-state index in [-0.39, 0.29) is 12.1 Å². The topological polar surface area (TPSA) is 46.6 Å². The molecular weight excluding hydrogens is 266 g/mol. The molecule has 0 aliphatic heterocycles. The number of aldehydes is 1. The van der Waals surface area contributed by atoms with E-state index >= 15 is 0 Å². The minimum atomic E-state index is -0.266. The van der Waals surface area contributed by atoms with Crippen molar-refractivity contribution in [3.8, 4) is 0 Å². The van der Waals surface area contributed by atoms with Crippen LogP contribution in [-0.4, -0.2) is 30.4 Å². The van der Waals surface area contributed by atoms with E-state index in [1.54, 1.807) is 11.9 Å². The molecule has 0 heterocycles. The molecule has 0 saturated heterocycles. The molecule has 1 saturated carbocycles. The van der Waals surface area contributed by atoms with Gasteiger partial charge < -0.3 is 14.4 Å². The maximum atomic E-state index is 12.1. The van der Waals surface area contributed by atoms with E-state index in [2.05, 4.69) is 0 Å². The van der Waals surface area contributed by atoms with Crippen LogP contribution in [0.1, 0.15) is 37.7 Å². The predicted octanol–water partition coefficient (Wildman–Crippen LogP) is 3.40. The second-order valence-electron chi connectivity index (χ2n) is 5.73. The molecule has 1 amide bonds. The van der Waals surface area contributed by atoms with E-state index in [9.17, 15) is 9.59 Å². The van der Waals surface area contributed by atoms with Crippen LogP contribution >= 0.6 is 0 Å². The molecule has 2 rings (SSSR count). The van der Waals surface area contributed by atoms with Crippen molar-refractivity contribution in [2.45, 2.75) is 44.8 Å². The third-order valence-electron chi connectivity index (χ3n) is 4.29. The zero-order valence-electron chi connectivity index (χ0n) is 12.5. The number of carbonyl (C=O) groups excluding carboxylic acids is 2. The first kappa shape index (κ1) is 15.5. The van der Waals surface area contributed by atoms with Crippen LogP contribution in [0.5, 0.6) is 0 Å². The van der Waals surface area contributed by atoms with E-state index < -0.39 is 0 Å². The van der Waals surface area contributed by atoms with Gasteiger partial charge in [-0.25, -0.2) is 4.79 Å². The second kappa shape index (κ2) is 7.81. The summed E-state index contributed by atoms with van der Waals surface area (Å²) in [5, 5.41) is 0. The van der Waals surface area contributed by atoms with Gasteiger partial charge in [-0.05, 0) is 37.2 Å². The molecule has 0 radical (unpaired) electrons. The van der Waals surface area contributed by atoms with Gasteiger partial charge in [-0.2, -0.15) is 0 Å². The Hall–Kier alpha value is -1.84. The molecule has 4 heteroatoms. The number of amides is 1. The van der Waals surface area contributed by atoms with Gasteiger partial charge in [0.25, 0.3) is 0 Å². The van der Waals surface area contributed by atoms with Crippen molar-refractivity contribution in [1.29, 1.82) is 0 Å². The maximum absolute atomic E-state index is 12.1. The molecular formula is C17H23NO3. The smallest absolute Gasteiger partial charge is 0.410 e. The third-order valence-corrected chi connectivity index (χ3v) is 4.29. The van der Waals surface area contributed by atoms with Gasteiger partial charge in [0.2, 0.25) is 0 Å². The highest BCUT2D eigenvalue weighted by atomic mass is 16.6. The summed E-state index contributed by atoms with van der Waals surface area (Å²) >= 11 is 0. The molecule has 114 valence electrons. The normalized spacial score (nSPS) is 21.6. The van der Waals surface area contributed by atoms with Gasteiger partial charge >= 0.3 is 6.09 Å². The molecule has 0 spiro atoms. The lowest BCUT2D eigenvalue weighted by molar-refractivity contribution is -0.108. The van der Waals surface area contributed by atoms with E-state index in [1.165, 1.54) is 0 Å². The average molecular weight is 289 g/mol. The van der Waals surface area contributed by atoms with Crippen molar-refractivity contribution in [3.63, 3.8) is 0 Å². The Bertz CT molecular complexity index is 452. The summed E-state index contributed by atoms with van der Waals surface area (Å²) in [4.78, 5) is 24.3. The first-order chi connectivity index (χ1) is 10.2. The summed E-state index contributed by atoms with van der Waals surface area (Å²) in [5.74, 6) is 0.493. The second-order valence-corrected chi connectivity index (χ2v) is 5.73. The van der Waals surface area contributed by atoms with Gasteiger partial charge in [0, 0.05) is 19.5 Å². The molecule has 1 aromatic rings. The highest BCUT2D eigenvalue weighted by Crippen LogP contribution is 2.28. The van der Waals surface area contributed by atoms with Crippen molar-refractivity contribution in [2.75, 3.05) is 7.05 Å². The maximum Gasteiger partial charge on any atom is 0.410 e. The fourth-order valence-electron chi connectivity index (χ4n) is 2.87. The van der Waals surface area contributed by atoms with E-state index in [0.717, 1.165) is 37.5 Å². The lowest BCUT2D eigenvalue weighted by Crippen LogP contribution is -2.39. The zero-order valence-corrected chi connectivity index (χ0v) is 12.5. The Morgan fingerprint density at radius 3 is 2.52 bits per heavy atom. The molecule has 1 aliphatic carbocycles. The Labute approximate surface area is 126 Å². The standard InChI is InChI=1S/C17H23NO3/c1-18(16-9-7-14(8-10-16)11-12-19)17(20)21-13-15-5-3-2-4-6-15/h2-6,12,14,16H,7-11,13H2,1H3/t14-,16-. The van der Waals surface area contributed by atoms with Crippen LogP contribution in [0.2, 0.25) is 0 Å².